The third kappa shape index (κ3) is 5.46. The molecule has 0 unspecified atom stereocenters. The van der Waals surface area contributed by atoms with Gasteiger partial charge in [-0.25, -0.2) is 0 Å². The van der Waals surface area contributed by atoms with Crippen LogP contribution in [0.1, 0.15) is 25.7 Å². The smallest absolute Gasteiger partial charge is 0.243 e. The van der Waals surface area contributed by atoms with Crippen LogP contribution in [0.15, 0.2) is 0 Å². The monoisotopic (exact) mass is 257 g/mol. The lowest BCUT2D eigenvalue weighted by Gasteiger charge is -2.26. The number of ether oxygens (including phenoxy) is 1. The van der Waals surface area contributed by atoms with Gasteiger partial charge in [-0.1, -0.05) is 0 Å². The summed E-state index contributed by atoms with van der Waals surface area (Å²) in [6.45, 7) is 1.35. The van der Waals surface area contributed by atoms with Crippen molar-refractivity contribution in [2.24, 2.45) is 23.3 Å². The van der Waals surface area contributed by atoms with Gasteiger partial charge in [-0.2, -0.15) is 0 Å². The van der Waals surface area contributed by atoms with Crippen molar-refractivity contribution in [3.8, 4) is 0 Å². The van der Waals surface area contributed by atoms with E-state index in [-0.39, 0.29) is 18.4 Å². The summed E-state index contributed by atoms with van der Waals surface area (Å²) in [7, 11) is 0. The summed E-state index contributed by atoms with van der Waals surface area (Å²) in [5.41, 5.74) is 10.5. The average Bonchev–Trinajstić information content (AvgIpc) is 2.38. The summed E-state index contributed by atoms with van der Waals surface area (Å²) in [6, 6.07) is 0. The molecule has 0 bridgehead atoms. The van der Waals surface area contributed by atoms with Crippen molar-refractivity contribution in [2.75, 3.05) is 26.3 Å². The van der Waals surface area contributed by atoms with Gasteiger partial charge in [-0.05, 0) is 38.1 Å². The predicted molar refractivity (Wildman–Crippen MR) is 67.5 cm³/mol. The van der Waals surface area contributed by atoms with Gasteiger partial charge in [-0.15, -0.1) is 0 Å². The minimum absolute atomic E-state index is 0.0770. The van der Waals surface area contributed by atoms with Crippen LogP contribution in [0.4, 0.5) is 0 Å². The fourth-order valence-electron chi connectivity index (χ4n) is 2.22. The van der Waals surface area contributed by atoms with Gasteiger partial charge in [0.2, 0.25) is 11.8 Å². The molecule has 1 aliphatic carbocycles. The van der Waals surface area contributed by atoms with Crippen LogP contribution in [-0.2, 0) is 14.3 Å². The van der Waals surface area contributed by atoms with Crippen LogP contribution in [0, 0.1) is 11.8 Å². The lowest BCUT2D eigenvalue weighted by atomic mass is 9.81. The van der Waals surface area contributed by atoms with Crippen molar-refractivity contribution >= 4 is 11.8 Å². The van der Waals surface area contributed by atoms with Gasteiger partial charge in [-0.3, -0.25) is 9.59 Å². The lowest BCUT2D eigenvalue weighted by molar-refractivity contribution is -0.126. The number of hydrogen-bond donors (Lipinski definition) is 3. The summed E-state index contributed by atoms with van der Waals surface area (Å²) in [5, 5.41) is 2.81. The number of hydrogen-bond acceptors (Lipinski definition) is 4. The fraction of sp³-hybridized carbons (Fsp3) is 0.833. The molecule has 0 aliphatic heterocycles. The zero-order chi connectivity index (χ0) is 13.4. The van der Waals surface area contributed by atoms with Gasteiger partial charge in [0.15, 0.2) is 0 Å². The Labute approximate surface area is 107 Å². The van der Waals surface area contributed by atoms with Crippen LogP contribution in [0.2, 0.25) is 0 Å². The topological polar surface area (TPSA) is 107 Å². The van der Waals surface area contributed by atoms with E-state index in [9.17, 15) is 9.59 Å². The second-order valence-corrected chi connectivity index (χ2v) is 4.76. The maximum Gasteiger partial charge on any atom is 0.243 e. The van der Waals surface area contributed by atoms with E-state index in [0.717, 1.165) is 32.2 Å². The number of nitrogens with one attached hydrogen (secondary N) is 1. The third-order valence-corrected chi connectivity index (χ3v) is 3.34. The van der Waals surface area contributed by atoms with E-state index >= 15 is 0 Å². The van der Waals surface area contributed by atoms with Gasteiger partial charge < -0.3 is 21.5 Å². The third-order valence-electron chi connectivity index (χ3n) is 3.34. The molecule has 0 aromatic carbocycles. The van der Waals surface area contributed by atoms with Crippen molar-refractivity contribution in [1.29, 1.82) is 0 Å². The Morgan fingerprint density at radius 1 is 1.22 bits per heavy atom. The molecule has 6 nitrogen and oxygen atoms in total. The van der Waals surface area contributed by atoms with Crippen molar-refractivity contribution in [3.63, 3.8) is 0 Å². The van der Waals surface area contributed by atoms with E-state index in [0.29, 0.717) is 19.1 Å². The van der Waals surface area contributed by atoms with Crippen molar-refractivity contribution in [1.82, 2.24) is 5.32 Å². The molecule has 0 heterocycles. The van der Waals surface area contributed by atoms with Crippen LogP contribution in [-0.4, -0.2) is 38.1 Å². The quantitative estimate of drug-likeness (QED) is 0.528. The average molecular weight is 257 g/mol. The highest BCUT2D eigenvalue weighted by atomic mass is 16.5. The Morgan fingerprint density at radius 2 is 1.89 bits per heavy atom. The number of rotatable bonds is 7. The van der Waals surface area contributed by atoms with Crippen LogP contribution < -0.4 is 16.8 Å². The molecule has 104 valence electrons. The molecule has 5 N–H and O–H groups in total. The second kappa shape index (κ2) is 8.05. The number of primary amides is 1. The first-order valence-electron chi connectivity index (χ1n) is 6.47. The zero-order valence-electron chi connectivity index (χ0n) is 10.7. The van der Waals surface area contributed by atoms with Gasteiger partial charge in [0.1, 0.15) is 6.61 Å². The maximum absolute atomic E-state index is 11.8. The molecule has 0 aromatic heterocycles. The summed E-state index contributed by atoms with van der Waals surface area (Å²) in [4.78, 5) is 22.2. The van der Waals surface area contributed by atoms with E-state index in [2.05, 4.69) is 5.32 Å². The van der Waals surface area contributed by atoms with Crippen molar-refractivity contribution in [3.05, 3.63) is 0 Å². The molecule has 0 spiro atoms. The molecule has 1 fully saturated rings. The molecule has 1 rings (SSSR count). The highest BCUT2D eigenvalue weighted by Crippen LogP contribution is 2.27. The van der Waals surface area contributed by atoms with E-state index in [1.54, 1.807) is 0 Å². The Kier molecular flexibility index (Phi) is 6.67. The van der Waals surface area contributed by atoms with Crippen LogP contribution in [0.25, 0.3) is 0 Å². The van der Waals surface area contributed by atoms with Crippen molar-refractivity contribution < 1.29 is 14.3 Å². The summed E-state index contributed by atoms with van der Waals surface area (Å²) in [5.74, 6) is 0.256. The summed E-state index contributed by atoms with van der Waals surface area (Å²) in [6.07, 6.45) is 3.89. The van der Waals surface area contributed by atoms with Crippen LogP contribution in [0.3, 0.4) is 0 Å². The number of carbonyl (C=O) groups excluding carboxylic acids is 2. The minimum atomic E-state index is -0.499. The molecule has 0 aromatic rings. The molecule has 0 saturated heterocycles. The maximum atomic E-state index is 11.8. The second-order valence-electron chi connectivity index (χ2n) is 4.76. The molecular formula is C12H23N3O3. The highest BCUT2D eigenvalue weighted by Gasteiger charge is 2.25. The van der Waals surface area contributed by atoms with Crippen molar-refractivity contribution in [2.45, 2.75) is 25.7 Å². The molecule has 18 heavy (non-hydrogen) atoms. The standard InChI is InChI=1S/C12H23N3O3/c13-7-9-1-3-10(4-2-9)12(17)15-5-6-18-8-11(14)16/h9-10H,1-8,13H2,(H2,14,16)(H,15,17). The molecule has 0 radical (unpaired) electrons. The SMILES string of the molecule is NCC1CCC(C(=O)NCCOCC(N)=O)CC1. The fourth-order valence-corrected chi connectivity index (χ4v) is 2.22. The van der Waals surface area contributed by atoms with E-state index in [1.165, 1.54) is 0 Å². The van der Waals surface area contributed by atoms with Gasteiger partial charge >= 0.3 is 0 Å². The van der Waals surface area contributed by atoms with E-state index in [4.69, 9.17) is 16.2 Å². The first-order chi connectivity index (χ1) is 8.63. The van der Waals surface area contributed by atoms with Gasteiger partial charge in [0.05, 0.1) is 6.61 Å². The number of carbonyl (C=O) groups is 2. The lowest BCUT2D eigenvalue weighted by Crippen LogP contribution is -2.36. The predicted octanol–water partition coefficient (Wildman–Crippen LogP) is -0.630. The molecule has 2 amide bonds. The summed E-state index contributed by atoms with van der Waals surface area (Å²) >= 11 is 0. The molecule has 0 atom stereocenters. The first kappa shape index (κ1) is 14.9. The van der Waals surface area contributed by atoms with E-state index in [1.807, 2.05) is 0 Å². The Bertz CT molecular complexity index is 276. The van der Waals surface area contributed by atoms with Crippen LogP contribution in [0.5, 0.6) is 0 Å². The Balaban J connectivity index is 2.08. The molecule has 6 heteroatoms. The molecule has 1 saturated carbocycles. The Hall–Kier alpha value is -1.14. The normalized spacial score (nSPS) is 23.6. The van der Waals surface area contributed by atoms with E-state index < -0.39 is 5.91 Å². The first-order valence-corrected chi connectivity index (χ1v) is 6.47. The van der Waals surface area contributed by atoms with Gasteiger partial charge in [0, 0.05) is 12.5 Å². The molecule has 1 aliphatic rings. The zero-order valence-corrected chi connectivity index (χ0v) is 10.7. The van der Waals surface area contributed by atoms with Gasteiger partial charge in [0.25, 0.3) is 0 Å². The molecular weight excluding hydrogens is 234 g/mol. The number of nitrogens with two attached hydrogens (primary N) is 2. The Morgan fingerprint density at radius 3 is 2.44 bits per heavy atom. The van der Waals surface area contributed by atoms with Crippen LogP contribution >= 0.6 is 0 Å². The summed E-state index contributed by atoms with van der Waals surface area (Å²) < 4.78 is 4.96. The highest BCUT2D eigenvalue weighted by molar-refractivity contribution is 5.78. The number of amides is 2. The largest absolute Gasteiger partial charge is 0.370 e. The minimum Gasteiger partial charge on any atom is -0.370 e.